The van der Waals surface area contributed by atoms with Crippen LogP contribution in [0.4, 0.5) is 10.6 Å². The van der Waals surface area contributed by atoms with E-state index in [1.807, 2.05) is 13.8 Å². The SMILES string of the molecule is CNC(=O)C(C)(C)/C=C/n1ncc(C(=O)NC2C3CC4CC2CC(OC(N)=O)(C4)C3)c1N1CCOCC1. The molecule has 4 bridgehead atoms. The topological polar surface area (TPSA) is 141 Å². The Morgan fingerprint density at radius 1 is 1.19 bits per heavy atom. The van der Waals surface area contributed by atoms with E-state index < -0.39 is 17.1 Å². The van der Waals surface area contributed by atoms with E-state index in [0.29, 0.717) is 43.6 Å². The molecular weight excluding hydrogens is 476 g/mol. The first kappa shape index (κ1) is 25.6. The van der Waals surface area contributed by atoms with Crippen molar-refractivity contribution in [3.63, 3.8) is 0 Å². The number of hydrogen-bond acceptors (Lipinski definition) is 7. The average Bonchev–Trinajstić information content (AvgIpc) is 3.28. The molecule has 11 heteroatoms. The van der Waals surface area contributed by atoms with Gasteiger partial charge in [0.1, 0.15) is 17.0 Å². The molecule has 3 amide bonds. The van der Waals surface area contributed by atoms with Crippen LogP contribution in [0.15, 0.2) is 12.3 Å². The number of primary amides is 1. The minimum Gasteiger partial charge on any atom is -0.443 e. The number of carbonyl (C=O) groups is 3. The summed E-state index contributed by atoms with van der Waals surface area (Å²) in [5.74, 6) is 1.44. The Kier molecular flexibility index (Phi) is 6.68. The Morgan fingerprint density at radius 3 is 2.49 bits per heavy atom. The third-order valence-electron chi connectivity index (χ3n) is 8.60. The molecule has 1 aliphatic heterocycles. The molecule has 0 spiro atoms. The summed E-state index contributed by atoms with van der Waals surface area (Å²) >= 11 is 0. The highest BCUT2D eigenvalue weighted by Crippen LogP contribution is 2.57. The van der Waals surface area contributed by atoms with Crippen molar-refractivity contribution >= 4 is 29.9 Å². The molecule has 2 unspecified atom stereocenters. The quantitative estimate of drug-likeness (QED) is 0.503. The lowest BCUT2D eigenvalue weighted by Gasteiger charge is -2.58. The standard InChI is InChI=1S/C26H38N6O5/c1-25(2,23(34)28-3)4-5-32-22(31-6-8-36-9-7-31)19(15-29-32)21(33)30-20-17-10-16-11-18(20)14-26(12-16,13-17)37-24(27)35/h4-5,15-18,20H,6-14H2,1-3H3,(H2,27,35)(H,28,34)(H,30,33)/b5-4+. The smallest absolute Gasteiger partial charge is 0.405 e. The summed E-state index contributed by atoms with van der Waals surface area (Å²) in [7, 11) is 1.61. The normalized spacial score (nSPS) is 30.9. The highest BCUT2D eigenvalue weighted by Gasteiger charge is 2.57. The Bertz CT molecular complexity index is 1080. The van der Waals surface area contributed by atoms with Crippen molar-refractivity contribution in [2.45, 2.75) is 57.6 Å². The molecule has 4 N–H and O–H groups in total. The van der Waals surface area contributed by atoms with Crippen LogP contribution in [-0.2, 0) is 14.3 Å². The van der Waals surface area contributed by atoms with Gasteiger partial charge in [-0.05, 0) is 63.7 Å². The van der Waals surface area contributed by atoms with Crippen LogP contribution in [0.5, 0.6) is 0 Å². The number of nitrogens with two attached hydrogens (primary N) is 1. The summed E-state index contributed by atoms with van der Waals surface area (Å²) in [5.41, 5.74) is 4.67. The molecule has 4 saturated carbocycles. The van der Waals surface area contributed by atoms with Crippen LogP contribution in [0.25, 0.3) is 6.20 Å². The van der Waals surface area contributed by atoms with Gasteiger partial charge >= 0.3 is 6.09 Å². The Morgan fingerprint density at radius 2 is 1.86 bits per heavy atom. The number of hydrogen-bond donors (Lipinski definition) is 3. The lowest BCUT2D eigenvalue weighted by atomic mass is 9.52. The number of ether oxygens (including phenoxy) is 2. The third-order valence-corrected chi connectivity index (χ3v) is 8.60. The molecule has 0 aromatic carbocycles. The number of nitrogens with zero attached hydrogens (tertiary/aromatic N) is 3. The lowest BCUT2D eigenvalue weighted by Crippen LogP contribution is -2.63. The van der Waals surface area contributed by atoms with Crippen molar-refractivity contribution in [1.82, 2.24) is 20.4 Å². The van der Waals surface area contributed by atoms with E-state index in [9.17, 15) is 14.4 Å². The zero-order chi connectivity index (χ0) is 26.4. The predicted molar refractivity (Wildman–Crippen MR) is 137 cm³/mol. The van der Waals surface area contributed by atoms with Crippen molar-refractivity contribution < 1.29 is 23.9 Å². The van der Waals surface area contributed by atoms with Crippen LogP contribution in [0.3, 0.4) is 0 Å². The Labute approximate surface area is 217 Å². The molecule has 2 atom stereocenters. The van der Waals surface area contributed by atoms with Gasteiger partial charge < -0.3 is 30.7 Å². The Balaban J connectivity index is 1.38. The first-order chi connectivity index (χ1) is 17.6. The van der Waals surface area contributed by atoms with Gasteiger partial charge in [-0.3, -0.25) is 9.59 Å². The van der Waals surface area contributed by atoms with E-state index >= 15 is 0 Å². The summed E-state index contributed by atoms with van der Waals surface area (Å²) in [6.07, 6.45) is 8.84. The van der Waals surface area contributed by atoms with E-state index in [1.54, 1.807) is 30.2 Å². The van der Waals surface area contributed by atoms with E-state index in [-0.39, 0.29) is 29.7 Å². The number of anilines is 1. The fourth-order valence-electron chi connectivity index (χ4n) is 7.12. The zero-order valence-electron chi connectivity index (χ0n) is 21.9. The number of aromatic nitrogens is 2. The van der Waals surface area contributed by atoms with Crippen molar-refractivity contribution in [1.29, 1.82) is 0 Å². The van der Waals surface area contributed by atoms with Crippen molar-refractivity contribution in [2.24, 2.45) is 28.9 Å². The van der Waals surface area contributed by atoms with Crippen molar-refractivity contribution in [3.05, 3.63) is 17.8 Å². The number of amides is 3. The maximum Gasteiger partial charge on any atom is 0.405 e. The molecular formula is C26H38N6O5. The summed E-state index contributed by atoms with van der Waals surface area (Å²) in [6.45, 7) is 6.07. The van der Waals surface area contributed by atoms with Gasteiger partial charge in [-0.2, -0.15) is 5.10 Å². The van der Waals surface area contributed by atoms with Gasteiger partial charge in [0.2, 0.25) is 5.91 Å². The molecule has 0 radical (unpaired) electrons. The summed E-state index contributed by atoms with van der Waals surface area (Å²) < 4.78 is 12.8. The van der Waals surface area contributed by atoms with Crippen LogP contribution >= 0.6 is 0 Å². The molecule has 5 aliphatic rings. The predicted octanol–water partition coefficient (Wildman–Crippen LogP) is 1.74. The van der Waals surface area contributed by atoms with E-state index in [2.05, 4.69) is 20.6 Å². The van der Waals surface area contributed by atoms with Crippen molar-refractivity contribution in [3.8, 4) is 0 Å². The molecule has 202 valence electrons. The van der Waals surface area contributed by atoms with Gasteiger partial charge in [0.15, 0.2) is 0 Å². The number of rotatable bonds is 7. The van der Waals surface area contributed by atoms with Gasteiger partial charge in [0.25, 0.3) is 5.91 Å². The van der Waals surface area contributed by atoms with Gasteiger partial charge in [0.05, 0.1) is 24.8 Å². The van der Waals surface area contributed by atoms with Crippen LogP contribution in [0, 0.1) is 23.2 Å². The maximum absolute atomic E-state index is 13.7. The van der Waals surface area contributed by atoms with E-state index in [4.69, 9.17) is 15.2 Å². The van der Waals surface area contributed by atoms with Crippen LogP contribution in [0.2, 0.25) is 0 Å². The first-order valence-corrected chi connectivity index (χ1v) is 13.2. The number of carbonyl (C=O) groups excluding carboxylic acids is 3. The monoisotopic (exact) mass is 514 g/mol. The second-order valence-electron chi connectivity index (χ2n) is 11.6. The maximum atomic E-state index is 13.7. The molecule has 11 nitrogen and oxygen atoms in total. The molecule has 6 rings (SSSR count). The van der Waals surface area contributed by atoms with Crippen molar-refractivity contribution in [2.75, 3.05) is 38.3 Å². The fourth-order valence-corrected chi connectivity index (χ4v) is 7.12. The second kappa shape index (κ2) is 9.66. The van der Waals surface area contributed by atoms with Gasteiger partial charge in [-0.1, -0.05) is 6.08 Å². The molecule has 1 aromatic rings. The van der Waals surface area contributed by atoms with Crippen LogP contribution in [0.1, 0.15) is 56.3 Å². The largest absolute Gasteiger partial charge is 0.443 e. The van der Waals surface area contributed by atoms with Gasteiger partial charge in [-0.15, -0.1) is 0 Å². The highest BCUT2D eigenvalue weighted by molar-refractivity contribution is 5.99. The molecule has 5 fully saturated rings. The number of nitrogens with one attached hydrogen (secondary N) is 2. The molecule has 4 aliphatic carbocycles. The summed E-state index contributed by atoms with van der Waals surface area (Å²) in [4.78, 5) is 39.6. The van der Waals surface area contributed by atoms with Crippen LogP contribution < -0.4 is 21.3 Å². The van der Waals surface area contributed by atoms with E-state index in [0.717, 1.165) is 32.1 Å². The van der Waals surface area contributed by atoms with Gasteiger partial charge in [-0.25, -0.2) is 9.48 Å². The summed E-state index contributed by atoms with van der Waals surface area (Å²) in [6, 6.07) is 0.0252. The second-order valence-corrected chi connectivity index (χ2v) is 11.6. The van der Waals surface area contributed by atoms with Gasteiger partial charge in [0, 0.05) is 32.4 Å². The average molecular weight is 515 g/mol. The van der Waals surface area contributed by atoms with Crippen LogP contribution in [-0.4, -0.2) is 72.7 Å². The zero-order valence-corrected chi connectivity index (χ0v) is 21.9. The molecule has 1 aromatic heterocycles. The first-order valence-electron chi connectivity index (χ1n) is 13.2. The Hall–Kier alpha value is -3.08. The summed E-state index contributed by atoms with van der Waals surface area (Å²) in [5, 5.41) is 10.5. The van der Waals surface area contributed by atoms with E-state index in [1.165, 1.54) is 0 Å². The number of morpholine rings is 1. The third kappa shape index (κ3) is 4.93. The minimum absolute atomic E-state index is 0.0252. The minimum atomic E-state index is -0.741. The molecule has 2 heterocycles. The molecule has 37 heavy (non-hydrogen) atoms. The fraction of sp³-hybridized carbons (Fsp3) is 0.692. The highest BCUT2D eigenvalue weighted by atomic mass is 16.6. The molecule has 1 saturated heterocycles. The lowest BCUT2D eigenvalue weighted by molar-refractivity contribution is -0.137.